The van der Waals surface area contributed by atoms with Gasteiger partial charge in [0.15, 0.2) is 0 Å². The SMILES string of the molecule is O=C(Nc1nnc(-c2ccncc2)s1)c1cnc(OCc2ccccc2)c(Cl)c1. The minimum Gasteiger partial charge on any atom is -0.472 e. The smallest absolute Gasteiger partial charge is 0.259 e. The number of ether oxygens (including phenoxy) is 1. The number of hydrogen-bond donors (Lipinski definition) is 1. The molecule has 0 spiro atoms. The molecule has 9 heteroatoms. The van der Waals surface area contributed by atoms with Crippen LogP contribution in [0, 0.1) is 0 Å². The van der Waals surface area contributed by atoms with E-state index < -0.39 is 0 Å². The Labute approximate surface area is 175 Å². The number of hydrogen-bond acceptors (Lipinski definition) is 7. The summed E-state index contributed by atoms with van der Waals surface area (Å²) in [5, 5.41) is 12.1. The van der Waals surface area contributed by atoms with Crippen molar-refractivity contribution in [1.82, 2.24) is 20.2 Å². The number of carbonyl (C=O) groups excluding carboxylic acids is 1. The molecule has 0 saturated carbocycles. The third-order valence-corrected chi connectivity index (χ3v) is 5.02. The quantitative estimate of drug-likeness (QED) is 0.491. The second kappa shape index (κ2) is 8.76. The van der Waals surface area contributed by atoms with Crippen LogP contribution >= 0.6 is 22.9 Å². The van der Waals surface area contributed by atoms with Gasteiger partial charge in [-0.05, 0) is 23.8 Å². The van der Waals surface area contributed by atoms with Crippen molar-refractivity contribution in [3.05, 3.63) is 83.3 Å². The van der Waals surface area contributed by atoms with E-state index >= 15 is 0 Å². The summed E-state index contributed by atoms with van der Waals surface area (Å²) in [6.45, 7) is 0.335. The zero-order valence-corrected chi connectivity index (χ0v) is 16.5. The van der Waals surface area contributed by atoms with Crippen molar-refractivity contribution in [3.8, 4) is 16.5 Å². The van der Waals surface area contributed by atoms with Gasteiger partial charge in [-0.1, -0.05) is 53.3 Å². The molecule has 0 aliphatic carbocycles. The lowest BCUT2D eigenvalue weighted by atomic mass is 10.2. The monoisotopic (exact) mass is 423 g/mol. The fourth-order valence-electron chi connectivity index (χ4n) is 2.44. The minimum atomic E-state index is -0.383. The molecule has 0 saturated heterocycles. The van der Waals surface area contributed by atoms with Crippen LogP contribution in [0.2, 0.25) is 5.02 Å². The zero-order valence-electron chi connectivity index (χ0n) is 14.9. The average Bonchev–Trinajstić information content (AvgIpc) is 3.22. The molecular weight excluding hydrogens is 410 g/mol. The number of halogens is 1. The summed E-state index contributed by atoms with van der Waals surface area (Å²) in [7, 11) is 0. The van der Waals surface area contributed by atoms with E-state index in [1.807, 2.05) is 42.5 Å². The molecule has 0 aliphatic heterocycles. The fourth-order valence-corrected chi connectivity index (χ4v) is 3.40. The molecule has 4 rings (SSSR count). The molecule has 0 fully saturated rings. The van der Waals surface area contributed by atoms with Crippen molar-refractivity contribution in [3.63, 3.8) is 0 Å². The lowest BCUT2D eigenvalue weighted by Gasteiger charge is -2.08. The first kappa shape index (κ1) is 19.0. The molecule has 1 N–H and O–H groups in total. The Hall–Kier alpha value is -3.36. The molecule has 144 valence electrons. The maximum Gasteiger partial charge on any atom is 0.259 e. The van der Waals surface area contributed by atoms with Gasteiger partial charge in [0, 0.05) is 24.2 Å². The van der Waals surface area contributed by atoms with Gasteiger partial charge in [0.2, 0.25) is 11.0 Å². The second-order valence-electron chi connectivity index (χ2n) is 5.89. The summed E-state index contributed by atoms with van der Waals surface area (Å²) in [4.78, 5) is 20.6. The Morgan fingerprint density at radius 1 is 1.10 bits per heavy atom. The Balaban J connectivity index is 1.41. The van der Waals surface area contributed by atoms with Crippen LogP contribution < -0.4 is 10.1 Å². The van der Waals surface area contributed by atoms with Gasteiger partial charge >= 0.3 is 0 Å². The number of anilines is 1. The Kier molecular flexibility index (Phi) is 5.73. The summed E-state index contributed by atoms with van der Waals surface area (Å²) >= 11 is 7.49. The average molecular weight is 424 g/mol. The van der Waals surface area contributed by atoms with Gasteiger partial charge in [0.25, 0.3) is 5.91 Å². The molecule has 29 heavy (non-hydrogen) atoms. The van der Waals surface area contributed by atoms with E-state index in [4.69, 9.17) is 16.3 Å². The highest BCUT2D eigenvalue weighted by Crippen LogP contribution is 2.27. The van der Waals surface area contributed by atoms with Gasteiger partial charge < -0.3 is 4.74 Å². The molecule has 3 heterocycles. The van der Waals surface area contributed by atoms with Crippen LogP contribution in [-0.4, -0.2) is 26.1 Å². The third-order valence-electron chi connectivity index (χ3n) is 3.86. The van der Waals surface area contributed by atoms with Crippen LogP contribution in [0.5, 0.6) is 5.88 Å². The van der Waals surface area contributed by atoms with E-state index in [9.17, 15) is 4.79 Å². The van der Waals surface area contributed by atoms with Crippen LogP contribution in [0.3, 0.4) is 0 Å². The van der Waals surface area contributed by atoms with Crippen LogP contribution in [-0.2, 0) is 6.61 Å². The minimum absolute atomic E-state index is 0.253. The number of amides is 1. The molecular formula is C20H14ClN5O2S. The van der Waals surface area contributed by atoms with E-state index in [-0.39, 0.29) is 16.8 Å². The fraction of sp³-hybridized carbons (Fsp3) is 0.0500. The van der Waals surface area contributed by atoms with Gasteiger partial charge in [0.1, 0.15) is 16.6 Å². The van der Waals surface area contributed by atoms with Gasteiger partial charge in [-0.2, -0.15) is 0 Å². The molecule has 1 aromatic carbocycles. The summed E-state index contributed by atoms with van der Waals surface area (Å²) < 4.78 is 5.63. The van der Waals surface area contributed by atoms with Crippen LogP contribution in [0.4, 0.5) is 5.13 Å². The molecule has 1 amide bonds. The molecule has 4 aromatic rings. The molecule has 0 aliphatic rings. The van der Waals surface area contributed by atoms with Crippen LogP contribution in [0.1, 0.15) is 15.9 Å². The van der Waals surface area contributed by atoms with E-state index in [0.29, 0.717) is 22.3 Å². The number of benzene rings is 1. The number of aromatic nitrogens is 4. The number of carbonyl (C=O) groups is 1. The lowest BCUT2D eigenvalue weighted by Crippen LogP contribution is -2.12. The predicted molar refractivity (Wildman–Crippen MR) is 111 cm³/mol. The van der Waals surface area contributed by atoms with Gasteiger partial charge in [-0.25, -0.2) is 4.98 Å². The Morgan fingerprint density at radius 3 is 2.66 bits per heavy atom. The van der Waals surface area contributed by atoms with Crippen molar-refractivity contribution in [2.24, 2.45) is 0 Å². The molecule has 0 atom stereocenters. The van der Waals surface area contributed by atoms with Gasteiger partial charge in [0.05, 0.1) is 5.56 Å². The van der Waals surface area contributed by atoms with E-state index in [0.717, 1.165) is 11.1 Å². The normalized spacial score (nSPS) is 10.5. The van der Waals surface area contributed by atoms with Crippen molar-refractivity contribution in [2.75, 3.05) is 5.32 Å². The number of nitrogens with zero attached hydrogens (tertiary/aromatic N) is 4. The molecule has 0 bridgehead atoms. The van der Waals surface area contributed by atoms with E-state index in [1.165, 1.54) is 23.6 Å². The van der Waals surface area contributed by atoms with Crippen LogP contribution in [0.25, 0.3) is 10.6 Å². The summed E-state index contributed by atoms with van der Waals surface area (Å²) in [5.41, 5.74) is 2.17. The molecule has 0 unspecified atom stereocenters. The number of pyridine rings is 2. The van der Waals surface area contributed by atoms with Crippen molar-refractivity contribution < 1.29 is 9.53 Å². The second-order valence-corrected chi connectivity index (χ2v) is 7.27. The topological polar surface area (TPSA) is 89.9 Å². The van der Waals surface area contributed by atoms with Gasteiger partial charge in [-0.15, -0.1) is 10.2 Å². The Morgan fingerprint density at radius 2 is 1.90 bits per heavy atom. The first-order chi connectivity index (χ1) is 14.2. The molecule has 7 nitrogen and oxygen atoms in total. The summed E-state index contributed by atoms with van der Waals surface area (Å²) in [6, 6.07) is 14.8. The summed E-state index contributed by atoms with van der Waals surface area (Å²) in [6.07, 6.45) is 4.75. The van der Waals surface area contributed by atoms with Gasteiger partial charge in [-0.3, -0.25) is 15.1 Å². The maximum absolute atomic E-state index is 12.5. The largest absolute Gasteiger partial charge is 0.472 e. The highest BCUT2D eigenvalue weighted by Gasteiger charge is 2.14. The molecule has 3 aromatic heterocycles. The number of nitrogens with one attached hydrogen (secondary N) is 1. The summed E-state index contributed by atoms with van der Waals surface area (Å²) in [5.74, 6) is -0.116. The first-order valence-electron chi connectivity index (χ1n) is 8.56. The standard InChI is InChI=1S/C20H14ClN5O2S/c21-16-10-15(11-23-18(16)28-12-13-4-2-1-3-5-13)17(27)24-20-26-25-19(29-20)14-6-8-22-9-7-14/h1-11H,12H2,(H,24,26,27). The van der Waals surface area contributed by atoms with E-state index in [2.05, 4.69) is 25.5 Å². The maximum atomic E-state index is 12.5. The highest BCUT2D eigenvalue weighted by molar-refractivity contribution is 7.18. The van der Waals surface area contributed by atoms with Crippen molar-refractivity contribution >= 4 is 34.0 Å². The van der Waals surface area contributed by atoms with Crippen molar-refractivity contribution in [1.29, 1.82) is 0 Å². The van der Waals surface area contributed by atoms with Crippen molar-refractivity contribution in [2.45, 2.75) is 6.61 Å². The number of rotatable bonds is 6. The molecule has 0 radical (unpaired) electrons. The van der Waals surface area contributed by atoms with E-state index in [1.54, 1.807) is 12.4 Å². The third kappa shape index (κ3) is 4.74. The predicted octanol–water partition coefficient (Wildman–Crippen LogP) is 4.48. The lowest BCUT2D eigenvalue weighted by molar-refractivity contribution is 0.102. The zero-order chi connectivity index (χ0) is 20.1. The van der Waals surface area contributed by atoms with Crippen LogP contribution in [0.15, 0.2) is 67.1 Å². The highest BCUT2D eigenvalue weighted by atomic mass is 35.5. The Bertz CT molecular complexity index is 1120. The first-order valence-corrected chi connectivity index (χ1v) is 9.76.